The van der Waals surface area contributed by atoms with Crippen LogP contribution in [-0.2, 0) is 4.79 Å². The van der Waals surface area contributed by atoms with Crippen molar-refractivity contribution >= 4 is 17.7 Å². The summed E-state index contributed by atoms with van der Waals surface area (Å²) in [5, 5.41) is 12.9. The number of aliphatic hydroxyl groups excluding tert-OH is 1. The average molecular weight is 346 g/mol. The summed E-state index contributed by atoms with van der Waals surface area (Å²) in [6, 6.07) is 6.13. The lowest BCUT2D eigenvalue weighted by atomic mass is 9.98. The molecule has 1 spiro atoms. The number of ether oxygens (including phenoxy) is 1. The summed E-state index contributed by atoms with van der Waals surface area (Å²) < 4.78 is 5.47. The summed E-state index contributed by atoms with van der Waals surface area (Å²) in [6.45, 7) is 1.33. The number of urea groups is 1. The van der Waals surface area contributed by atoms with Crippen LogP contribution in [0.4, 0.5) is 4.79 Å². The van der Waals surface area contributed by atoms with Crippen LogP contribution in [0.1, 0.15) is 43.0 Å². The molecule has 3 rings (SSSR count). The van der Waals surface area contributed by atoms with Crippen LogP contribution in [0.15, 0.2) is 24.3 Å². The second kappa shape index (κ2) is 6.84. The number of aliphatic hydroxyl groups is 1. The number of imide groups is 1. The van der Waals surface area contributed by atoms with E-state index in [1.807, 2.05) is 0 Å². The molecule has 1 aromatic rings. The van der Waals surface area contributed by atoms with Crippen LogP contribution in [0.2, 0.25) is 0 Å². The Morgan fingerprint density at radius 1 is 1.28 bits per heavy atom. The Labute approximate surface area is 146 Å². The summed E-state index contributed by atoms with van der Waals surface area (Å²) in [7, 11) is 0. The zero-order valence-electron chi connectivity index (χ0n) is 14.2. The van der Waals surface area contributed by atoms with Crippen molar-refractivity contribution < 1.29 is 24.2 Å². The molecule has 1 saturated carbocycles. The number of ketones is 1. The topological polar surface area (TPSA) is 95.9 Å². The highest BCUT2D eigenvalue weighted by atomic mass is 16.5. The predicted molar refractivity (Wildman–Crippen MR) is 89.4 cm³/mol. The fourth-order valence-corrected chi connectivity index (χ4v) is 3.40. The summed E-state index contributed by atoms with van der Waals surface area (Å²) in [5.41, 5.74) is -0.186. The van der Waals surface area contributed by atoms with Gasteiger partial charge in [0.05, 0.1) is 6.54 Å². The molecule has 1 aliphatic heterocycles. The van der Waals surface area contributed by atoms with Gasteiger partial charge in [0.2, 0.25) is 0 Å². The molecular weight excluding hydrogens is 324 g/mol. The quantitative estimate of drug-likeness (QED) is 0.601. The minimum atomic E-state index is -0.987. The Bertz CT molecular complexity index is 679. The number of benzene rings is 1. The Balaban J connectivity index is 1.54. The number of carbonyl (C=O) groups is 3. The lowest BCUT2D eigenvalue weighted by Crippen LogP contribution is -2.45. The van der Waals surface area contributed by atoms with Crippen molar-refractivity contribution in [1.82, 2.24) is 10.2 Å². The number of nitrogens with one attached hydrogen (secondary N) is 1. The van der Waals surface area contributed by atoms with Crippen LogP contribution >= 0.6 is 0 Å². The molecule has 0 bridgehead atoms. The first kappa shape index (κ1) is 17.4. The summed E-state index contributed by atoms with van der Waals surface area (Å²) in [4.78, 5) is 36.9. The van der Waals surface area contributed by atoms with E-state index in [0.717, 1.165) is 17.7 Å². The standard InChI is InChI=1S/C18H22N2O5/c1-12(21)13-4-6-15(7-5-13)25-11-14(22)10-20-16(23)18(19-17(20)24)8-2-3-9-18/h4-7,14,22H,2-3,8-11H2,1H3,(H,19,24)/t14-/m1/s1. The van der Waals surface area contributed by atoms with Crippen LogP contribution in [0.25, 0.3) is 0 Å². The van der Waals surface area contributed by atoms with Crippen molar-refractivity contribution in [2.45, 2.75) is 44.2 Å². The molecule has 7 nitrogen and oxygen atoms in total. The molecule has 2 fully saturated rings. The molecule has 1 aromatic carbocycles. The molecule has 1 heterocycles. The second-order valence-electron chi connectivity index (χ2n) is 6.68. The molecular formula is C18H22N2O5. The molecule has 0 unspecified atom stereocenters. The maximum absolute atomic E-state index is 12.5. The van der Waals surface area contributed by atoms with E-state index in [2.05, 4.69) is 5.32 Å². The van der Waals surface area contributed by atoms with Gasteiger partial charge in [-0.25, -0.2) is 4.79 Å². The highest BCUT2D eigenvalue weighted by molar-refractivity contribution is 6.07. The smallest absolute Gasteiger partial charge is 0.325 e. The summed E-state index contributed by atoms with van der Waals surface area (Å²) >= 11 is 0. The Morgan fingerprint density at radius 3 is 2.52 bits per heavy atom. The lowest BCUT2D eigenvalue weighted by molar-refractivity contribution is -0.132. The molecule has 2 N–H and O–H groups in total. The van der Waals surface area contributed by atoms with E-state index in [0.29, 0.717) is 24.2 Å². The van der Waals surface area contributed by atoms with Crippen molar-refractivity contribution in [1.29, 1.82) is 0 Å². The second-order valence-corrected chi connectivity index (χ2v) is 6.68. The third kappa shape index (κ3) is 3.51. The first-order valence-electron chi connectivity index (χ1n) is 8.47. The van der Waals surface area contributed by atoms with E-state index in [1.165, 1.54) is 6.92 Å². The van der Waals surface area contributed by atoms with Gasteiger partial charge in [-0.15, -0.1) is 0 Å². The normalized spacial score (nSPS) is 20.0. The van der Waals surface area contributed by atoms with Gasteiger partial charge < -0.3 is 15.2 Å². The minimum Gasteiger partial charge on any atom is -0.491 e. The predicted octanol–water partition coefficient (Wildman–Crippen LogP) is 1.49. The molecule has 0 aromatic heterocycles. The highest BCUT2D eigenvalue weighted by Gasteiger charge is 2.52. The first-order chi connectivity index (χ1) is 11.9. The largest absolute Gasteiger partial charge is 0.491 e. The number of hydrogen-bond donors (Lipinski definition) is 2. The molecule has 2 aliphatic rings. The average Bonchev–Trinajstić information content (AvgIpc) is 3.14. The van der Waals surface area contributed by atoms with Crippen molar-refractivity contribution in [3.63, 3.8) is 0 Å². The first-order valence-corrected chi connectivity index (χ1v) is 8.47. The van der Waals surface area contributed by atoms with Gasteiger partial charge >= 0.3 is 6.03 Å². The SMILES string of the molecule is CC(=O)c1ccc(OC[C@H](O)CN2C(=O)NC3(CCCC3)C2=O)cc1. The zero-order chi connectivity index (χ0) is 18.0. The van der Waals surface area contributed by atoms with E-state index in [4.69, 9.17) is 4.74 Å². The van der Waals surface area contributed by atoms with Crippen molar-refractivity contribution in [3.05, 3.63) is 29.8 Å². The van der Waals surface area contributed by atoms with E-state index in [-0.39, 0.29) is 24.8 Å². The van der Waals surface area contributed by atoms with Crippen molar-refractivity contribution in [2.24, 2.45) is 0 Å². The molecule has 1 aliphatic carbocycles. The van der Waals surface area contributed by atoms with Gasteiger partial charge in [0.15, 0.2) is 5.78 Å². The van der Waals surface area contributed by atoms with E-state index in [1.54, 1.807) is 24.3 Å². The molecule has 7 heteroatoms. The van der Waals surface area contributed by atoms with Gasteiger partial charge in [-0.2, -0.15) is 0 Å². The van der Waals surface area contributed by atoms with Crippen LogP contribution in [0, 0.1) is 0 Å². The van der Waals surface area contributed by atoms with Gasteiger partial charge in [-0.1, -0.05) is 12.8 Å². The number of Topliss-reactive ketones (excluding diaryl/α,β-unsaturated/α-hetero) is 1. The van der Waals surface area contributed by atoms with Gasteiger partial charge in [0, 0.05) is 5.56 Å². The number of rotatable bonds is 6. The lowest BCUT2D eigenvalue weighted by Gasteiger charge is -2.21. The molecule has 0 radical (unpaired) electrons. The molecule has 1 saturated heterocycles. The fraction of sp³-hybridized carbons (Fsp3) is 0.500. The summed E-state index contributed by atoms with van der Waals surface area (Å²) in [5.74, 6) is 0.222. The van der Waals surface area contributed by atoms with Crippen molar-refractivity contribution in [3.8, 4) is 5.75 Å². The third-order valence-electron chi connectivity index (χ3n) is 4.80. The summed E-state index contributed by atoms with van der Waals surface area (Å²) in [6.07, 6.45) is 2.16. The number of hydrogen-bond acceptors (Lipinski definition) is 5. The Morgan fingerprint density at radius 2 is 1.92 bits per heavy atom. The van der Waals surface area contributed by atoms with Gasteiger partial charge in [-0.05, 0) is 44.0 Å². The minimum absolute atomic E-state index is 0.0361. The van der Waals surface area contributed by atoms with Crippen LogP contribution in [0.5, 0.6) is 5.75 Å². The van der Waals surface area contributed by atoms with Crippen molar-refractivity contribution in [2.75, 3.05) is 13.2 Å². The number of β-amino-alcohol motifs (C(OH)–C–C–N with tert-alkyl or cyclic N) is 1. The molecule has 1 atom stereocenters. The Hall–Kier alpha value is -2.41. The number of amides is 3. The van der Waals surface area contributed by atoms with E-state index < -0.39 is 17.7 Å². The molecule has 134 valence electrons. The van der Waals surface area contributed by atoms with Crippen LogP contribution < -0.4 is 10.1 Å². The van der Waals surface area contributed by atoms with Gasteiger partial charge in [0.25, 0.3) is 5.91 Å². The Kier molecular flexibility index (Phi) is 4.76. The van der Waals surface area contributed by atoms with Gasteiger partial charge in [-0.3, -0.25) is 14.5 Å². The van der Waals surface area contributed by atoms with Gasteiger partial charge in [0.1, 0.15) is 24.0 Å². The number of carbonyl (C=O) groups excluding carboxylic acids is 3. The number of nitrogens with zero attached hydrogens (tertiary/aromatic N) is 1. The van der Waals surface area contributed by atoms with E-state index >= 15 is 0 Å². The third-order valence-corrected chi connectivity index (χ3v) is 4.80. The van der Waals surface area contributed by atoms with Crippen LogP contribution in [-0.4, -0.2) is 52.5 Å². The zero-order valence-corrected chi connectivity index (χ0v) is 14.2. The highest BCUT2D eigenvalue weighted by Crippen LogP contribution is 2.35. The van der Waals surface area contributed by atoms with E-state index in [9.17, 15) is 19.5 Å². The van der Waals surface area contributed by atoms with Crippen LogP contribution in [0.3, 0.4) is 0 Å². The molecule has 25 heavy (non-hydrogen) atoms. The fourth-order valence-electron chi connectivity index (χ4n) is 3.40. The maximum Gasteiger partial charge on any atom is 0.325 e. The monoisotopic (exact) mass is 346 g/mol. The molecule has 3 amide bonds. The maximum atomic E-state index is 12.5.